The van der Waals surface area contributed by atoms with Crippen LogP contribution in [-0.4, -0.2) is 13.0 Å². The SMILES string of the molecule is CCCCC(CC)COCP(=O)(Cl)Cl. The van der Waals surface area contributed by atoms with Crippen molar-refractivity contribution in [2.24, 2.45) is 5.92 Å². The average molecular weight is 261 g/mol. The van der Waals surface area contributed by atoms with Crippen molar-refractivity contribution in [2.45, 2.75) is 39.5 Å². The normalized spacial score (nSPS) is 14.3. The maximum absolute atomic E-state index is 10.9. The molecule has 0 saturated heterocycles. The molecule has 0 amide bonds. The average Bonchev–Trinajstić information content (AvgIpc) is 2.09. The van der Waals surface area contributed by atoms with E-state index >= 15 is 0 Å². The van der Waals surface area contributed by atoms with Crippen molar-refractivity contribution in [3.63, 3.8) is 0 Å². The number of rotatable bonds is 8. The molecule has 0 heterocycles. The molecule has 86 valence electrons. The van der Waals surface area contributed by atoms with E-state index in [9.17, 15) is 4.57 Å². The first-order valence-corrected chi connectivity index (χ1v) is 8.76. The molecular formula is C9H19Cl2O2P. The van der Waals surface area contributed by atoms with E-state index in [-0.39, 0.29) is 6.35 Å². The predicted octanol–water partition coefficient (Wildman–Crippen LogP) is 4.85. The van der Waals surface area contributed by atoms with E-state index in [1.54, 1.807) is 0 Å². The third-order valence-corrected chi connectivity index (χ3v) is 3.21. The van der Waals surface area contributed by atoms with Gasteiger partial charge in [-0.15, -0.1) is 0 Å². The van der Waals surface area contributed by atoms with Crippen LogP contribution >= 0.6 is 28.3 Å². The van der Waals surface area contributed by atoms with Crippen molar-refractivity contribution in [3.8, 4) is 0 Å². The minimum Gasteiger partial charge on any atom is -0.371 e. The van der Waals surface area contributed by atoms with Gasteiger partial charge in [0.05, 0.1) is 6.61 Å². The van der Waals surface area contributed by atoms with Gasteiger partial charge in [-0.25, -0.2) is 0 Å². The third-order valence-electron chi connectivity index (χ3n) is 2.14. The molecule has 0 rings (SSSR count). The second-order valence-electron chi connectivity index (χ2n) is 3.49. The molecule has 0 aliphatic rings. The summed E-state index contributed by atoms with van der Waals surface area (Å²) in [5.41, 5.74) is 0. The summed E-state index contributed by atoms with van der Waals surface area (Å²) < 4.78 is 16.1. The van der Waals surface area contributed by atoms with Gasteiger partial charge >= 0.3 is 0 Å². The molecule has 0 aromatic carbocycles. The highest BCUT2D eigenvalue weighted by molar-refractivity contribution is 8.08. The Bertz CT molecular complexity index is 182. The molecule has 0 spiro atoms. The number of hydrogen-bond donors (Lipinski definition) is 0. The van der Waals surface area contributed by atoms with E-state index in [1.165, 1.54) is 12.8 Å². The second-order valence-corrected chi connectivity index (χ2v) is 8.68. The van der Waals surface area contributed by atoms with Gasteiger partial charge in [0.1, 0.15) is 6.35 Å². The maximum Gasteiger partial charge on any atom is 0.277 e. The van der Waals surface area contributed by atoms with Crippen LogP contribution in [-0.2, 0) is 9.30 Å². The van der Waals surface area contributed by atoms with Crippen molar-refractivity contribution in [3.05, 3.63) is 0 Å². The van der Waals surface area contributed by atoms with Crippen molar-refractivity contribution in [1.82, 2.24) is 0 Å². The Morgan fingerprint density at radius 3 is 2.43 bits per heavy atom. The molecule has 0 aromatic heterocycles. The molecule has 0 aromatic rings. The van der Waals surface area contributed by atoms with Crippen molar-refractivity contribution in [2.75, 3.05) is 13.0 Å². The second kappa shape index (κ2) is 7.98. The van der Waals surface area contributed by atoms with Gasteiger partial charge in [-0.1, -0.05) is 33.1 Å². The lowest BCUT2D eigenvalue weighted by atomic mass is 10.0. The lowest BCUT2D eigenvalue weighted by molar-refractivity contribution is 0.129. The zero-order chi connectivity index (χ0) is 11.0. The van der Waals surface area contributed by atoms with E-state index in [2.05, 4.69) is 13.8 Å². The Hall–Kier alpha value is 0.770. The molecule has 0 aliphatic carbocycles. The van der Waals surface area contributed by atoms with Crippen LogP contribution in [0.3, 0.4) is 0 Å². The number of ether oxygens (including phenoxy) is 1. The first-order valence-electron chi connectivity index (χ1n) is 5.05. The van der Waals surface area contributed by atoms with E-state index in [1.807, 2.05) is 0 Å². The first-order chi connectivity index (χ1) is 6.49. The topological polar surface area (TPSA) is 26.3 Å². The van der Waals surface area contributed by atoms with Gasteiger partial charge in [-0.05, 0) is 34.8 Å². The molecule has 1 unspecified atom stereocenters. The molecule has 0 fully saturated rings. The van der Waals surface area contributed by atoms with Gasteiger partial charge in [0.2, 0.25) is 0 Å². The molecule has 0 saturated carbocycles. The fraction of sp³-hybridized carbons (Fsp3) is 1.00. The van der Waals surface area contributed by atoms with Crippen LogP contribution in [0.5, 0.6) is 0 Å². The molecule has 0 aliphatic heterocycles. The summed E-state index contributed by atoms with van der Waals surface area (Å²) in [5, 5.41) is 0. The molecular weight excluding hydrogens is 242 g/mol. The van der Waals surface area contributed by atoms with Gasteiger partial charge in [0.25, 0.3) is 5.85 Å². The third kappa shape index (κ3) is 9.33. The Morgan fingerprint density at radius 1 is 1.36 bits per heavy atom. The van der Waals surface area contributed by atoms with Crippen LogP contribution in [0.1, 0.15) is 39.5 Å². The largest absolute Gasteiger partial charge is 0.371 e. The van der Waals surface area contributed by atoms with Crippen LogP contribution in [0.4, 0.5) is 0 Å². The lowest BCUT2D eigenvalue weighted by Crippen LogP contribution is -2.08. The molecule has 14 heavy (non-hydrogen) atoms. The molecule has 5 heteroatoms. The van der Waals surface area contributed by atoms with Crippen molar-refractivity contribution in [1.29, 1.82) is 0 Å². The lowest BCUT2D eigenvalue weighted by Gasteiger charge is -2.14. The predicted molar refractivity (Wildman–Crippen MR) is 63.4 cm³/mol. The van der Waals surface area contributed by atoms with E-state index in [4.69, 9.17) is 27.2 Å². The highest BCUT2D eigenvalue weighted by atomic mass is 35.9. The zero-order valence-electron chi connectivity index (χ0n) is 8.84. The van der Waals surface area contributed by atoms with Gasteiger partial charge in [0.15, 0.2) is 0 Å². The highest BCUT2D eigenvalue weighted by Gasteiger charge is 2.15. The number of unbranched alkanes of at least 4 members (excludes halogenated alkanes) is 1. The first kappa shape index (κ1) is 14.8. The van der Waals surface area contributed by atoms with Gasteiger partial charge in [0, 0.05) is 0 Å². The summed E-state index contributed by atoms with van der Waals surface area (Å²) >= 11 is 10.7. The summed E-state index contributed by atoms with van der Waals surface area (Å²) in [6, 6.07) is 0. The monoisotopic (exact) mass is 260 g/mol. The van der Waals surface area contributed by atoms with Gasteiger partial charge in [-0.3, -0.25) is 4.57 Å². The van der Waals surface area contributed by atoms with Gasteiger partial charge < -0.3 is 4.74 Å². The van der Waals surface area contributed by atoms with Crippen LogP contribution in [0.15, 0.2) is 0 Å². The Kier molecular flexibility index (Phi) is 8.42. The van der Waals surface area contributed by atoms with Crippen LogP contribution in [0.2, 0.25) is 0 Å². The fourth-order valence-electron chi connectivity index (χ4n) is 1.22. The molecule has 1 atom stereocenters. The zero-order valence-corrected chi connectivity index (χ0v) is 11.2. The van der Waals surface area contributed by atoms with E-state index < -0.39 is 5.85 Å². The fourth-order valence-corrected chi connectivity index (χ4v) is 1.96. The summed E-state index contributed by atoms with van der Waals surface area (Å²) in [7, 11) is 0. The van der Waals surface area contributed by atoms with Crippen LogP contribution in [0.25, 0.3) is 0 Å². The number of halogens is 2. The quantitative estimate of drug-likeness (QED) is 0.584. The highest BCUT2D eigenvalue weighted by Crippen LogP contribution is 2.56. The summed E-state index contributed by atoms with van der Waals surface area (Å²) in [4.78, 5) is 0. The Labute approximate surface area is 96.3 Å². The Balaban J connectivity index is 3.57. The molecule has 2 nitrogen and oxygen atoms in total. The van der Waals surface area contributed by atoms with Crippen LogP contribution in [0, 0.1) is 5.92 Å². The van der Waals surface area contributed by atoms with E-state index in [0.29, 0.717) is 12.5 Å². The minimum atomic E-state index is -3.04. The van der Waals surface area contributed by atoms with Gasteiger partial charge in [-0.2, -0.15) is 0 Å². The summed E-state index contributed by atoms with van der Waals surface area (Å²) in [6.45, 7) is 4.91. The minimum absolute atomic E-state index is 0.0290. The summed E-state index contributed by atoms with van der Waals surface area (Å²) in [6.07, 6.45) is 4.61. The van der Waals surface area contributed by atoms with Crippen molar-refractivity contribution < 1.29 is 9.30 Å². The molecule has 0 bridgehead atoms. The Morgan fingerprint density at radius 2 is 2.00 bits per heavy atom. The van der Waals surface area contributed by atoms with E-state index in [0.717, 1.165) is 12.8 Å². The molecule has 0 N–H and O–H groups in total. The molecule has 0 radical (unpaired) electrons. The maximum atomic E-state index is 10.9. The number of hydrogen-bond acceptors (Lipinski definition) is 2. The van der Waals surface area contributed by atoms with Crippen LogP contribution < -0.4 is 0 Å². The standard InChI is InChI=1S/C9H19Cl2O2P/c1-3-5-6-9(4-2)7-13-8-14(10,11)12/h9H,3-8H2,1-2H3. The summed E-state index contributed by atoms with van der Waals surface area (Å²) in [5.74, 6) is -2.50. The smallest absolute Gasteiger partial charge is 0.277 e. The van der Waals surface area contributed by atoms with Crippen molar-refractivity contribution >= 4 is 28.3 Å².